The number of Topliss-reactive ketones (excluding diaryl/α,β-unsaturated/α-hetero) is 1. The van der Waals surface area contributed by atoms with Crippen molar-refractivity contribution in [2.45, 2.75) is 19.8 Å². The molecule has 1 amide bonds. The monoisotopic (exact) mass is 281 g/mol. The molecule has 1 atom stereocenters. The molecule has 1 aromatic rings. The zero-order chi connectivity index (χ0) is 14.0. The van der Waals surface area contributed by atoms with E-state index in [1.54, 1.807) is 11.0 Å². The Labute approximate surface area is 117 Å². The van der Waals surface area contributed by atoms with Crippen molar-refractivity contribution in [3.8, 4) is 5.75 Å². The van der Waals surface area contributed by atoms with Crippen LogP contribution in [0.3, 0.4) is 0 Å². The molecule has 19 heavy (non-hydrogen) atoms. The first-order valence-corrected chi connectivity index (χ1v) is 6.71. The number of phenols is 1. The number of hydrogen-bond donors (Lipinski definition) is 1. The third kappa shape index (κ3) is 2.89. The number of nitrogens with zero attached hydrogens (tertiary/aromatic N) is 1. The van der Waals surface area contributed by atoms with E-state index in [1.807, 2.05) is 6.92 Å². The Bertz CT molecular complexity index is 515. The molecule has 4 nitrogen and oxygen atoms in total. The van der Waals surface area contributed by atoms with Crippen LogP contribution in [-0.4, -0.2) is 34.8 Å². The molecule has 5 heteroatoms. The number of rotatable bonds is 2. The SMILES string of the molecule is CCC1CN(C(=O)c2ccc(Cl)cc2O)CCC1=O. The van der Waals surface area contributed by atoms with Gasteiger partial charge in [-0.25, -0.2) is 0 Å². The predicted octanol–water partition coefficient (Wildman–Crippen LogP) is 2.49. The van der Waals surface area contributed by atoms with Crippen LogP contribution in [0.1, 0.15) is 30.1 Å². The number of piperidine rings is 1. The maximum atomic E-state index is 12.3. The van der Waals surface area contributed by atoms with Gasteiger partial charge < -0.3 is 10.0 Å². The fraction of sp³-hybridized carbons (Fsp3) is 0.429. The Balaban J connectivity index is 2.18. The van der Waals surface area contributed by atoms with Crippen molar-refractivity contribution in [1.29, 1.82) is 0 Å². The van der Waals surface area contributed by atoms with Crippen LogP contribution in [0.25, 0.3) is 0 Å². The molecule has 2 rings (SSSR count). The second-order valence-corrected chi connectivity index (χ2v) is 5.17. The van der Waals surface area contributed by atoms with Crippen LogP contribution in [0.2, 0.25) is 5.02 Å². The van der Waals surface area contributed by atoms with Gasteiger partial charge >= 0.3 is 0 Å². The quantitative estimate of drug-likeness (QED) is 0.906. The minimum atomic E-state index is -0.250. The Morgan fingerprint density at radius 1 is 1.53 bits per heavy atom. The molecule has 1 heterocycles. The molecular weight excluding hydrogens is 266 g/mol. The fourth-order valence-corrected chi connectivity index (χ4v) is 2.47. The van der Waals surface area contributed by atoms with Crippen LogP contribution in [0.15, 0.2) is 18.2 Å². The van der Waals surface area contributed by atoms with Crippen molar-refractivity contribution in [3.63, 3.8) is 0 Å². The minimum absolute atomic E-state index is 0.0906. The number of likely N-dealkylation sites (tertiary alicyclic amines) is 1. The number of aromatic hydroxyl groups is 1. The normalized spacial score (nSPS) is 19.6. The van der Waals surface area contributed by atoms with Gasteiger partial charge in [-0.3, -0.25) is 9.59 Å². The zero-order valence-corrected chi connectivity index (χ0v) is 11.5. The first-order valence-electron chi connectivity index (χ1n) is 6.33. The summed E-state index contributed by atoms with van der Waals surface area (Å²) in [5.74, 6) is -0.249. The van der Waals surface area contributed by atoms with Gasteiger partial charge in [0, 0.05) is 30.5 Å². The lowest BCUT2D eigenvalue weighted by molar-refractivity contribution is -0.125. The molecule has 1 aliphatic rings. The van der Waals surface area contributed by atoms with E-state index < -0.39 is 0 Å². The summed E-state index contributed by atoms with van der Waals surface area (Å²) in [6, 6.07) is 4.43. The van der Waals surface area contributed by atoms with Crippen molar-refractivity contribution < 1.29 is 14.7 Å². The number of halogens is 1. The highest BCUT2D eigenvalue weighted by molar-refractivity contribution is 6.30. The van der Waals surface area contributed by atoms with E-state index in [0.717, 1.165) is 6.42 Å². The summed E-state index contributed by atoms with van der Waals surface area (Å²) in [4.78, 5) is 25.6. The van der Waals surface area contributed by atoms with Gasteiger partial charge in [-0.2, -0.15) is 0 Å². The molecule has 102 valence electrons. The first-order chi connectivity index (χ1) is 9.02. The maximum absolute atomic E-state index is 12.3. The maximum Gasteiger partial charge on any atom is 0.257 e. The van der Waals surface area contributed by atoms with Gasteiger partial charge in [-0.1, -0.05) is 18.5 Å². The van der Waals surface area contributed by atoms with Crippen LogP contribution in [0, 0.1) is 5.92 Å². The first kappa shape index (κ1) is 13.9. The number of phenolic OH excluding ortho intramolecular Hbond substituents is 1. The number of benzene rings is 1. The van der Waals surface area contributed by atoms with Crippen LogP contribution in [0.5, 0.6) is 5.75 Å². The lowest BCUT2D eigenvalue weighted by Crippen LogP contribution is -2.43. The summed E-state index contributed by atoms with van der Waals surface area (Å²) in [6.07, 6.45) is 1.12. The third-order valence-electron chi connectivity index (χ3n) is 3.49. The largest absolute Gasteiger partial charge is 0.507 e. The lowest BCUT2D eigenvalue weighted by atomic mass is 9.93. The van der Waals surface area contributed by atoms with E-state index in [1.165, 1.54) is 12.1 Å². The van der Waals surface area contributed by atoms with E-state index in [2.05, 4.69) is 0 Å². The highest BCUT2D eigenvalue weighted by Crippen LogP contribution is 2.25. The number of ketones is 1. The Hall–Kier alpha value is -1.55. The second-order valence-electron chi connectivity index (χ2n) is 4.73. The van der Waals surface area contributed by atoms with Gasteiger partial charge in [0.1, 0.15) is 11.5 Å². The number of hydrogen-bond acceptors (Lipinski definition) is 3. The van der Waals surface area contributed by atoms with Crippen molar-refractivity contribution >= 4 is 23.3 Å². The van der Waals surface area contributed by atoms with Crippen molar-refractivity contribution in [1.82, 2.24) is 4.90 Å². The summed E-state index contributed by atoms with van der Waals surface area (Å²) in [5, 5.41) is 10.2. The minimum Gasteiger partial charge on any atom is -0.507 e. The number of carbonyl (C=O) groups is 2. The summed E-state index contributed by atoms with van der Waals surface area (Å²) in [6.45, 7) is 2.78. The van der Waals surface area contributed by atoms with Gasteiger partial charge in [0.25, 0.3) is 5.91 Å². The Kier molecular flexibility index (Phi) is 4.10. The number of carbonyl (C=O) groups excluding carboxylic acids is 2. The molecule has 0 bridgehead atoms. The van der Waals surface area contributed by atoms with Gasteiger partial charge in [-0.05, 0) is 24.6 Å². The molecule has 0 aliphatic carbocycles. The van der Waals surface area contributed by atoms with E-state index >= 15 is 0 Å². The van der Waals surface area contributed by atoms with E-state index in [4.69, 9.17) is 11.6 Å². The van der Waals surface area contributed by atoms with Gasteiger partial charge in [-0.15, -0.1) is 0 Å². The van der Waals surface area contributed by atoms with Crippen LogP contribution >= 0.6 is 11.6 Å². The van der Waals surface area contributed by atoms with E-state index in [9.17, 15) is 14.7 Å². The van der Waals surface area contributed by atoms with Crippen LogP contribution in [-0.2, 0) is 4.79 Å². The van der Waals surface area contributed by atoms with Crippen LogP contribution < -0.4 is 0 Å². The Morgan fingerprint density at radius 2 is 2.26 bits per heavy atom. The smallest absolute Gasteiger partial charge is 0.257 e. The molecule has 0 aromatic heterocycles. The molecular formula is C14H16ClNO3. The van der Waals surface area contributed by atoms with Crippen LogP contribution in [0.4, 0.5) is 0 Å². The molecule has 0 radical (unpaired) electrons. The number of amides is 1. The molecule has 0 spiro atoms. The average molecular weight is 282 g/mol. The van der Waals surface area contributed by atoms with E-state index in [-0.39, 0.29) is 28.9 Å². The molecule has 1 saturated heterocycles. The molecule has 1 fully saturated rings. The molecule has 1 N–H and O–H groups in total. The second kappa shape index (κ2) is 5.61. The summed E-state index contributed by atoms with van der Waals surface area (Å²) < 4.78 is 0. The average Bonchev–Trinajstić information content (AvgIpc) is 2.38. The van der Waals surface area contributed by atoms with Gasteiger partial charge in [0.05, 0.1) is 5.56 Å². The summed E-state index contributed by atoms with van der Waals surface area (Å²) in [7, 11) is 0. The predicted molar refractivity (Wildman–Crippen MR) is 72.4 cm³/mol. The fourth-order valence-electron chi connectivity index (χ4n) is 2.31. The van der Waals surface area contributed by atoms with Gasteiger partial charge in [0.15, 0.2) is 0 Å². The highest BCUT2D eigenvalue weighted by atomic mass is 35.5. The standard InChI is InChI=1S/C14H16ClNO3/c1-2-9-8-16(6-5-12(9)17)14(19)11-4-3-10(15)7-13(11)18/h3-4,7,9,18H,2,5-6,8H2,1H3. The topological polar surface area (TPSA) is 57.6 Å². The zero-order valence-electron chi connectivity index (χ0n) is 10.7. The summed E-state index contributed by atoms with van der Waals surface area (Å²) >= 11 is 5.74. The molecule has 0 saturated carbocycles. The van der Waals surface area contributed by atoms with Crippen molar-refractivity contribution in [3.05, 3.63) is 28.8 Å². The van der Waals surface area contributed by atoms with Crippen molar-refractivity contribution in [2.24, 2.45) is 5.92 Å². The third-order valence-corrected chi connectivity index (χ3v) is 3.73. The van der Waals surface area contributed by atoms with Gasteiger partial charge in [0.2, 0.25) is 0 Å². The Morgan fingerprint density at radius 3 is 2.89 bits per heavy atom. The van der Waals surface area contributed by atoms with Crippen molar-refractivity contribution in [2.75, 3.05) is 13.1 Å². The molecule has 1 aliphatic heterocycles. The summed E-state index contributed by atoms with van der Waals surface area (Å²) in [5.41, 5.74) is 0.230. The molecule has 1 aromatic carbocycles. The van der Waals surface area contributed by atoms with E-state index in [0.29, 0.717) is 24.5 Å². The highest BCUT2D eigenvalue weighted by Gasteiger charge is 2.29. The lowest BCUT2D eigenvalue weighted by Gasteiger charge is -2.31. The molecule has 1 unspecified atom stereocenters.